The highest BCUT2D eigenvalue weighted by Gasteiger charge is 2.33. The van der Waals surface area contributed by atoms with Gasteiger partial charge < -0.3 is 5.11 Å². The summed E-state index contributed by atoms with van der Waals surface area (Å²) in [5.41, 5.74) is 0.926. The first-order valence-corrected chi connectivity index (χ1v) is 5.96. The van der Waals surface area contributed by atoms with Crippen molar-refractivity contribution in [3.63, 3.8) is 0 Å². The molecule has 1 aliphatic carbocycles. The SMILES string of the molecule is O=C(O)[C@@H](c1ccc(Br)cc1)C1CCC1. The van der Waals surface area contributed by atoms with E-state index in [1.165, 1.54) is 6.42 Å². The highest BCUT2D eigenvalue weighted by molar-refractivity contribution is 9.10. The summed E-state index contributed by atoms with van der Waals surface area (Å²) in [6.45, 7) is 0. The van der Waals surface area contributed by atoms with E-state index in [0.29, 0.717) is 5.92 Å². The summed E-state index contributed by atoms with van der Waals surface area (Å²) in [5.74, 6) is -0.669. The van der Waals surface area contributed by atoms with E-state index in [2.05, 4.69) is 15.9 Å². The largest absolute Gasteiger partial charge is 0.481 e. The zero-order valence-electron chi connectivity index (χ0n) is 8.32. The molecule has 0 unspecified atom stereocenters. The van der Waals surface area contributed by atoms with E-state index in [4.69, 9.17) is 0 Å². The van der Waals surface area contributed by atoms with Gasteiger partial charge in [-0.3, -0.25) is 4.79 Å². The standard InChI is InChI=1S/C12H13BrO2/c13-10-6-4-9(5-7-10)11(12(14)15)8-2-1-3-8/h4-8,11H,1-3H2,(H,14,15)/t11-/m1/s1. The van der Waals surface area contributed by atoms with Crippen molar-refractivity contribution in [2.24, 2.45) is 5.92 Å². The zero-order chi connectivity index (χ0) is 10.8. The lowest BCUT2D eigenvalue weighted by Crippen LogP contribution is -2.26. The molecule has 1 aliphatic rings. The van der Waals surface area contributed by atoms with E-state index in [0.717, 1.165) is 22.9 Å². The van der Waals surface area contributed by atoms with Crippen molar-refractivity contribution in [2.45, 2.75) is 25.2 Å². The second kappa shape index (κ2) is 4.35. The van der Waals surface area contributed by atoms with Crippen molar-refractivity contribution >= 4 is 21.9 Å². The van der Waals surface area contributed by atoms with Gasteiger partial charge in [0.1, 0.15) is 0 Å². The summed E-state index contributed by atoms with van der Waals surface area (Å²) < 4.78 is 0.990. The maximum atomic E-state index is 11.2. The van der Waals surface area contributed by atoms with Gasteiger partial charge in [0.2, 0.25) is 0 Å². The van der Waals surface area contributed by atoms with Gasteiger partial charge in [0.05, 0.1) is 5.92 Å². The van der Waals surface area contributed by atoms with Crippen LogP contribution in [0.3, 0.4) is 0 Å². The lowest BCUT2D eigenvalue weighted by Gasteiger charge is -2.31. The maximum Gasteiger partial charge on any atom is 0.311 e. The van der Waals surface area contributed by atoms with Crippen molar-refractivity contribution in [1.29, 1.82) is 0 Å². The van der Waals surface area contributed by atoms with Gasteiger partial charge in [0.15, 0.2) is 0 Å². The first-order chi connectivity index (χ1) is 7.18. The Balaban J connectivity index is 2.23. The van der Waals surface area contributed by atoms with E-state index in [9.17, 15) is 9.90 Å². The van der Waals surface area contributed by atoms with Gasteiger partial charge in [-0.15, -0.1) is 0 Å². The molecule has 80 valence electrons. The molecule has 1 fully saturated rings. The van der Waals surface area contributed by atoms with E-state index in [-0.39, 0.29) is 5.92 Å². The van der Waals surface area contributed by atoms with Crippen LogP contribution in [0.4, 0.5) is 0 Å². The van der Waals surface area contributed by atoms with E-state index >= 15 is 0 Å². The Hall–Kier alpha value is -0.830. The molecule has 0 aromatic heterocycles. The Morgan fingerprint density at radius 1 is 1.33 bits per heavy atom. The minimum Gasteiger partial charge on any atom is -0.481 e. The molecule has 1 atom stereocenters. The molecular formula is C12H13BrO2. The molecule has 2 rings (SSSR count). The quantitative estimate of drug-likeness (QED) is 0.912. The molecule has 0 saturated heterocycles. The molecule has 0 aliphatic heterocycles. The fourth-order valence-electron chi connectivity index (χ4n) is 2.06. The molecule has 1 aromatic carbocycles. The average Bonchev–Trinajstić information content (AvgIpc) is 2.12. The van der Waals surface area contributed by atoms with Crippen LogP contribution in [0.1, 0.15) is 30.7 Å². The third-order valence-corrected chi connectivity index (χ3v) is 3.65. The maximum absolute atomic E-state index is 11.2. The van der Waals surface area contributed by atoms with Crippen LogP contribution in [0.15, 0.2) is 28.7 Å². The number of hydrogen-bond donors (Lipinski definition) is 1. The third-order valence-electron chi connectivity index (χ3n) is 3.12. The molecule has 1 N–H and O–H groups in total. The number of aliphatic carboxylic acids is 1. The van der Waals surface area contributed by atoms with Crippen molar-refractivity contribution in [3.8, 4) is 0 Å². The van der Waals surface area contributed by atoms with Crippen LogP contribution in [0.5, 0.6) is 0 Å². The third kappa shape index (κ3) is 2.23. The van der Waals surface area contributed by atoms with Crippen LogP contribution in [-0.4, -0.2) is 11.1 Å². The molecular weight excluding hydrogens is 256 g/mol. The Morgan fingerprint density at radius 2 is 1.93 bits per heavy atom. The Bertz CT molecular complexity index is 354. The molecule has 1 saturated carbocycles. The van der Waals surface area contributed by atoms with Gasteiger partial charge >= 0.3 is 5.97 Å². The first kappa shape index (κ1) is 10.7. The van der Waals surface area contributed by atoms with E-state index in [1.54, 1.807) is 0 Å². The zero-order valence-corrected chi connectivity index (χ0v) is 9.90. The Morgan fingerprint density at radius 3 is 2.33 bits per heavy atom. The molecule has 0 amide bonds. The second-order valence-corrected chi connectivity index (χ2v) is 4.97. The number of benzene rings is 1. The Kier molecular flexibility index (Phi) is 3.10. The van der Waals surface area contributed by atoms with Gasteiger partial charge in [-0.05, 0) is 36.5 Å². The summed E-state index contributed by atoms with van der Waals surface area (Å²) in [7, 11) is 0. The summed E-state index contributed by atoms with van der Waals surface area (Å²) in [6.07, 6.45) is 3.27. The number of carbonyl (C=O) groups is 1. The fourth-order valence-corrected chi connectivity index (χ4v) is 2.32. The second-order valence-electron chi connectivity index (χ2n) is 4.06. The molecule has 1 aromatic rings. The molecule has 0 radical (unpaired) electrons. The van der Waals surface area contributed by atoms with Crippen LogP contribution in [-0.2, 0) is 4.79 Å². The lowest BCUT2D eigenvalue weighted by molar-refractivity contribution is -0.141. The minimum atomic E-state index is -0.693. The number of carboxylic acid groups (broad SMARTS) is 1. The number of rotatable bonds is 3. The Labute approximate surface area is 97.4 Å². The van der Waals surface area contributed by atoms with Gasteiger partial charge in [0.25, 0.3) is 0 Å². The molecule has 0 bridgehead atoms. The summed E-state index contributed by atoms with van der Waals surface area (Å²) >= 11 is 3.35. The summed E-state index contributed by atoms with van der Waals surface area (Å²) in [4.78, 5) is 11.2. The van der Waals surface area contributed by atoms with Crippen LogP contribution < -0.4 is 0 Å². The predicted octanol–water partition coefficient (Wildman–Crippen LogP) is 3.42. The number of carboxylic acids is 1. The average molecular weight is 269 g/mol. The summed E-state index contributed by atoms with van der Waals surface area (Å²) in [6, 6.07) is 7.62. The topological polar surface area (TPSA) is 37.3 Å². The highest BCUT2D eigenvalue weighted by atomic mass is 79.9. The van der Waals surface area contributed by atoms with Crippen LogP contribution in [0, 0.1) is 5.92 Å². The summed E-state index contributed by atoms with van der Waals surface area (Å²) in [5, 5.41) is 9.22. The predicted molar refractivity (Wildman–Crippen MR) is 61.9 cm³/mol. The van der Waals surface area contributed by atoms with Gasteiger partial charge in [-0.2, -0.15) is 0 Å². The van der Waals surface area contributed by atoms with Crippen LogP contribution in [0.25, 0.3) is 0 Å². The van der Waals surface area contributed by atoms with Gasteiger partial charge in [-0.25, -0.2) is 0 Å². The van der Waals surface area contributed by atoms with Crippen LogP contribution in [0.2, 0.25) is 0 Å². The smallest absolute Gasteiger partial charge is 0.311 e. The van der Waals surface area contributed by atoms with Crippen LogP contribution >= 0.6 is 15.9 Å². The van der Waals surface area contributed by atoms with Crippen molar-refractivity contribution in [1.82, 2.24) is 0 Å². The monoisotopic (exact) mass is 268 g/mol. The molecule has 2 nitrogen and oxygen atoms in total. The molecule has 15 heavy (non-hydrogen) atoms. The molecule has 0 spiro atoms. The lowest BCUT2D eigenvalue weighted by atomic mass is 9.73. The number of hydrogen-bond acceptors (Lipinski definition) is 1. The molecule has 3 heteroatoms. The minimum absolute atomic E-state index is 0.313. The molecule has 0 heterocycles. The van der Waals surface area contributed by atoms with Gasteiger partial charge in [0, 0.05) is 4.47 Å². The highest BCUT2D eigenvalue weighted by Crippen LogP contribution is 2.39. The van der Waals surface area contributed by atoms with E-state index in [1.807, 2.05) is 24.3 Å². The first-order valence-electron chi connectivity index (χ1n) is 5.17. The fraction of sp³-hybridized carbons (Fsp3) is 0.417. The van der Waals surface area contributed by atoms with Crippen molar-refractivity contribution < 1.29 is 9.90 Å². The normalized spacial score (nSPS) is 18.2. The van der Waals surface area contributed by atoms with E-state index < -0.39 is 5.97 Å². The van der Waals surface area contributed by atoms with Crippen molar-refractivity contribution in [3.05, 3.63) is 34.3 Å². The van der Waals surface area contributed by atoms with Gasteiger partial charge in [-0.1, -0.05) is 34.5 Å². The van der Waals surface area contributed by atoms with Crippen molar-refractivity contribution in [2.75, 3.05) is 0 Å². The number of halogens is 1.